The van der Waals surface area contributed by atoms with E-state index in [-0.39, 0.29) is 17.5 Å². The number of para-hydroxylation sites is 2. The van der Waals surface area contributed by atoms with Crippen LogP contribution in [0.2, 0.25) is 0 Å². The third-order valence-electron chi connectivity index (χ3n) is 8.57. The van der Waals surface area contributed by atoms with Crippen molar-refractivity contribution in [3.05, 3.63) is 118 Å². The van der Waals surface area contributed by atoms with Gasteiger partial charge in [-0.2, -0.15) is 0 Å². The quantitative estimate of drug-likeness (QED) is 0.311. The number of nitrogens with one attached hydrogen (secondary N) is 1. The number of hydrogen-bond acceptors (Lipinski definition) is 6. The fourth-order valence-corrected chi connectivity index (χ4v) is 7.59. The Kier molecular flexibility index (Phi) is 5.54. The molecule has 40 heavy (non-hydrogen) atoms. The molecule has 7 heteroatoms. The van der Waals surface area contributed by atoms with Gasteiger partial charge in [0.2, 0.25) is 5.91 Å². The van der Waals surface area contributed by atoms with Crippen LogP contribution in [0.15, 0.2) is 96.4 Å². The number of nitrogens with zero attached hydrogens (tertiary/aromatic N) is 1. The third kappa shape index (κ3) is 3.24. The van der Waals surface area contributed by atoms with Gasteiger partial charge in [-0.25, -0.2) is 0 Å². The average molecular weight is 547 g/mol. The molecule has 7 rings (SSSR count). The van der Waals surface area contributed by atoms with Crippen LogP contribution >= 0.6 is 11.3 Å². The second-order valence-corrected chi connectivity index (χ2v) is 11.4. The number of ketones is 2. The number of ether oxygens (including phenoxy) is 1. The van der Waals surface area contributed by atoms with Crippen LogP contribution in [0.1, 0.15) is 38.1 Å². The SMILES string of the molecule is COc1ccc(C(=O)[C@@H]2[C@H](C(=O)c3cccs3)[C@@]3(C(=O)Nc4ccccc43)[C@H]3C=C(C)c4ccccc4N23)cc1. The Hall–Kier alpha value is -4.49. The van der Waals surface area contributed by atoms with Gasteiger partial charge in [0, 0.05) is 22.5 Å². The van der Waals surface area contributed by atoms with E-state index in [2.05, 4.69) is 11.4 Å². The zero-order valence-corrected chi connectivity index (χ0v) is 22.8. The summed E-state index contributed by atoms with van der Waals surface area (Å²) in [5.74, 6) is -1.00. The molecule has 1 N–H and O–H groups in total. The van der Waals surface area contributed by atoms with Gasteiger partial charge in [0.15, 0.2) is 11.6 Å². The summed E-state index contributed by atoms with van der Waals surface area (Å²) >= 11 is 1.33. The second-order valence-electron chi connectivity index (χ2n) is 10.4. The number of Topliss-reactive ketones (excluding diaryl/α,β-unsaturated/α-hetero) is 2. The van der Waals surface area contributed by atoms with Crippen LogP contribution in [0.5, 0.6) is 5.75 Å². The number of carbonyl (C=O) groups is 3. The summed E-state index contributed by atoms with van der Waals surface area (Å²) in [5.41, 5.74) is 3.42. The van der Waals surface area contributed by atoms with Gasteiger partial charge in [-0.05, 0) is 65.9 Å². The smallest absolute Gasteiger partial charge is 0.238 e. The molecule has 1 fully saturated rings. The predicted molar refractivity (Wildman–Crippen MR) is 156 cm³/mol. The molecular formula is C33H26N2O4S. The van der Waals surface area contributed by atoms with Crippen LogP contribution < -0.4 is 15.0 Å². The lowest BCUT2D eigenvalue weighted by Crippen LogP contribution is -2.51. The summed E-state index contributed by atoms with van der Waals surface area (Å²) in [6.45, 7) is 2.03. The van der Waals surface area contributed by atoms with E-state index in [1.54, 1.807) is 37.4 Å². The molecule has 6 nitrogen and oxygen atoms in total. The van der Waals surface area contributed by atoms with Crippen molar-refractivity contribution in [3.8, 4) is 5.75 Å². The van der Waals surface area contributed by atoms with E-state index in [9.17, 15) is 14.4 Å². The highest BCUT2D eigenvalue weighted by molar-refractivity contribution is 7.12. The lowest BCUT2D eigenvalue weighted by molar-refractivity contribution is -0.121. The van der Waals surface area contributed by atoms with Gasteiger partial charge in [0.25, 0.3) is 0 Å². The first-order valence-electron chi connectivity index (χ1n) is 13.2. The molecule has 0 radical (unpaired) electrons. The van der Waals surface area contributed by atoms with Gasteiger partial charge >= 0.3 is 0 Å². The van der Waals surface area contributed by atoms with Crippen molar-refractivity contribution < 1.29 is 19.1 Å². The Balaban J connectivity index is 1.54. The van der Waals surface area contributed by atoms with E-state index < -0.39 is 23.4 Å². The van der Waals surface area contributed by atoms with Crippen molar-refractivity contribution in [1.82, 2.24) is 0 Å². The first-order valence-corrected chi connectivity index (χ1v) is 14.1. The maximum atomic E-state index is 14.7. The van der Waals surface area contributed by atoms with E-state index in [0.29, 0.717) is 21.9 Å². The fourth-order valence-electron chi connectivity index (χ4n) is 6.89. The summed E-state index contributed by atoms with van der Waals surface area (Å²) in [4.78, 5) is 46.2. The van der Waals surface area contributed by atoms with Gasteiger partial charge in [-0.15, -0.1) is 11.3 Å². The molecule has 4 aromatic rings. The zero-order valence-electron chi connectivity index (χ0n) is 22.0. The van der Waals surface area contributed by atoms with Crippen molar-refractivity contribution in [2.24, 2.45) is 5.92 Å². The first-order chi connectivity index (χ1) is 19.5. The first kappa shape index (κ1) is 24.5. The highest BCUT2D eigenvalue weighted by atomic mass is 32.1. The molecule has 3 aliphatic rings. The molecular weight excluding hydrogens is 520 g/mol. The second kappa shape index (κ2) is 9.03. The summed E-state index contributed by atoms with van der Waals surface area (Å²) in [6.07, 6.45) is 2.07. The number of fused-ring (bicyclic) bond motifs is 6. The Morgan fingerprint density at radius 2 is 1.68 bits per heavy atom. The molecule has 1 aromatic heterocycles. The van der Waals surface area contributed by atoms with E-state index in [4.69, 9.17) is 4.74 Å². The molecule has 0 bridgehead atoms. The number of thiophene rings is 1. The number of rotatable bonds is 5. The highest BCUT2D eigenvalue weighted by Gasteiger charge is 2.70. The standard InChI is InChI=1S/C33H26N2O4S/c1-19-18-27-33(23-9-4-5-10-24(23)34-32(33)38)28(31(37)26-12-7-17-40-26)29(35(27)25-11-6-3-8-22(19)25)30(36)20-13-15-21(39-2)16-14-20/h3-18,27-29H,1-2H3,(H,34,38)/t27-,28-,29+,33+/m1/s1. The predicted octanol–water partition coefficient (Wildman–Crippen LogP) is 6.00. The molecule has 0 aliphatic carbocycles. The highest BCUT2D eigenvalue weighted by Crippen LogP contribution is 2.59. The molecule has 3 aliphatic heterocycles. The van der Waals surface area contributed by atoms with Crippen LogP contribution in [0.4, 0.5) is 11.4 Å². The van der Waals surface area contributed by atoms with Crippen LogP contribution in [-0.4, -0.2) is 36.7 Å². The number of carbonyl (C=O) groups excluding carboxylic acids is 3. The maximum Gasteiger partial charge on any atom is 0.238 e. The minimum atomic E-state index is -1.31. The molecule has 0 unspecified atom stereocenters. The minimum Gasteiger partial charge on any atom is -0.497 e. The number of benzene rings is 3. The number of hydrogen-bond donors (Lipinski definition) is 1. The Morgan fingerprint density at radius 1 is 0.925 bits per heavy atom. The molecule has 0 saturated carbocycles. The fraction of sp³-hybridized carbons (Fsp3) is 0.182. The van der Waals surface area contributed by atoms with E-state index in [1.165, 1.54) is 11.3 Å². The van der Waals surface area contributed by atoms with Crippen LogP contribution in [-0.2, 0) is 10.2 Å². The molecule has 1 spiro atoms. The Labute approximate surface area is 235 Å². The van der Waals surface area contributed by atoms with Gasteiger partial charge in [0.05, 0.1) is 23.9 Å². The monoisotopic (exact) mass is 546 g/mol. The third-order valence-corrected chi connectivity index (χ3v) is 9.46. The lowest BCUT2D eigenvalue weighted by Gasteiger charge is -2.39. The summed E-state index contributed by atoms with van der Waals surface area (Å²) in [6, 6.07) is 24.6. The summed E-state index contributed by atoms with van der Waals surface area (Å²) in [5, 5.41) is 4.93. The molecule has 4 atom stereocenters. The van der Waals surface area contributed by atoms with E-state index in [1.807, 2.05) is 71.8 Å². The zero-order chi connectivity index (χ0) is 27.6. The molecule has 198 valence electrons. The van der Waals surface area contributed by atoms with Crippen molar-refractivity contribution in [2.75, 3.05) is 17.3 Å². The van der Waals surface area contributed by atoms with Gasteiger partial charge in [0.1, 0.15) is 17.2 Å². The van der Waals surface area contributed by atoms with Crippen LogP contribution in [0.25, 0.3) is 5.57 Å². The van der Waals surface area contributed by atoms with Crippen molar-refractivity contribution in [2.45, 2.75) is 24.4 Å². The molecule has 4 heterocycles. The lowest BCUT2D eigenvalue weighted by atomic mass is 9.64. The Bertz CT molecular complexity index is 1710. The van der Waals surface area contributed by atoms with Crippen LogP contribution in [0.3, 0.4) is 0 Å². The molecule has 3 aromatic carbocycles. The molecule has 1 saturated heterocycles. The summed E-state index contributed by atoms with van der Waals surface area (Å²) < 4.78 is 5.32. The Morgan fingerprint density at radius 3 is 2.42 bits per heavy atom. The average Bonchev–Trinajstić information content (AvgIpc) is 3.70. The van der Waals surface area contributed by atoms with Crippen molar-refractivity contribution in [1.29, 1.82) is 0 Å². The number of allylic oxidation sites excluding steroid dienone is 1. The van der Waals surface area contributed by atoms with Crippen LogP contribution in [0, 0.1) is 5.92 Å². The minimum absolute atomic E-state index is 0.202. The molecule has 1 amide bonds. The largest absolute Gasteiger partial charge is 0.497 e. The normalized spacial score (nSPS) is 24.1. The maximum absolute atomic E-state index is 14.7. The van der Waals surface area contributed by atoms with Crippen molar-refractivity contribution >= 4 is 45.8 Å². The van der Waals surface area contributed by atoms with E-state index >= 15 is 0 Å². The van der Waals surface area contributed by atoms with Crippen molar-refractivity contribution in [3.63, 3.8) is 0 Å². The van der Waals surface area contributed by atoms with Gasteiger partial charge in [-0.3, -0.25) is 14.4 Å². The van der Waals surface area contributed by atoms with Gasteiger partial charge < -0.3 is 15.0 Å². The number of anilines is 2. The summed E-state index contributed by atoms with van der Waals surface area (Å²) in [7, 11) is 1.58. The van der Waals surface area contributed by atoms with Gasteiger partial charge in [-0.1, -0.05) is 48.5 Å². The number of amides is 1. The van der Waals surface area contributed by atoms with E-state index in [0.717, 1.165) is 22.4 Å². The number of methoxy groups -OCH3 is 1. The topological polar surface area (TPSA) is 75.7 Å².